The molecule has 0 spiro atoms. The van der Waals surface area contributed by atoms with Crippen LogP contribution in [0.3, 0.4) is 0 Å². The van der Waals surface area contributed by atoms with Crippen LogP contribution in [0, 0.1) is 19.7 Å². The van der Waals surface area contributed by atoms with E-state index in [2.05, 4.69) is 4.98 Å². The molecule has 0 atom stereocenters. The molecule has 7 heteroatoms. The van der Waals surface area contributed by atoms with Crippen molar-refractivity contribution >= 4 is 11.8 Å². The molecule has 1 aliphatic rings. The molecule has 1 saturated heterocycles. The highest BCUT2D eigenvalue weighted by molar-refractivity contribution is 5.96. The number of rotatable bonds is 4. The fourth-order valence-electron chi connectivity index (χ4n) is 4.08. The highest BCUT2D eigenvalue weighted by Gasteiger charge is 2.27. The van der Waals surface area contributed by atoms with E-state index < -0.39 is 0 Å². The minimum absolute atomic E-state index is 0.00605. The Morgan fingerprint density at radius 1 is 1.00 bits per heavy atom. The van der Waals surface area contributed by atoms with Crippen LogP contribution >= 0.6 is 0 Å². The second-order valence-electron chi connectivity index (χ2n) is 7.81. The van der Waals surface area contributed by atoms with E-state index in [4.69, 9.17) is 0 Å². The van der Waals surface area contributed by atoms with E-state index in [9.17, 15) is 14.0 Å². The third kappa shape index (κ3) is 4.35. The van der Waals surface area contributed by atoms with E-state index in [1.807, 2.05) is 36.6 Å². The maximum atomic E-state index is 13.2. The zero-order chi connectivity index (χ0) is 22.0. The number of pyridine rings is 1. The number of benzene rings is 1. The predicted octanol–water partition coefficient (Wildman–Crippen LogP) is 3.16. The van der Waals surface area contributed by atoms with Crippen molar-refractivity contribution in [2.45, 2.75) is 20.3 Å². The molecule has 0 aliphatic carbocycles. The summed E-state index contributed by atoms with van der Waals surface area (Å²) in [6.45, 7) is 5.88. The smallest absolute Gasteiger partial charge is 0.255 e. The average molecular weight is 420 g/mol. The lowest BCUT2D eigenvalue weighted by Gasteiger charge is -2.35. The molecule has 0 bridgehead atoms. The average Bonchev–Trinajstić information content (AvgIpc) is 3.09. The van der Waals surface area contributed by atoms with E-state index in [0.29, 0.717) is 31.7 Å². The fourth-order valence-corrected chi connectivity index (χ4v) is 4.08. The summed E-state index contributed by atoms with van der Waals surface area (Å²) in [7, 11) is 0. The third-order valence-electron chi connectivity index (χ3n) is 5.75. The lowest BCUT2D eigenvalue weighted by atomic mass is 10.1. The lowest BCUT2D eigenvalue weighted by molar-refractivity contribution is -0.131. The molecule has 1 fully saturated rings. The Bertz CT molecular complexity index is 1080. The molecule has 2 amide bonds. The molecule has 1 aromatic carbocycles. The number of nitrogens with zero attached hydrogens (tertiary/aromatic N) is 4. The van der Waals surface area contributed by atoms with Gasteiger partial charge >= 0.3 is 0 Å². The van der Waals surface area contributed by atoms with Gasteiger partial charge in [-0.05, 0) is 49.7 Å². The molecular weight excluding hydrogens is 395 g/mol. The van der Waals surface area contributed by atoms with Gasteiger partial charge in [-0.1, -0.05) is 12.1 Å². The molecule has 4 rings (SSSR count). The molecule has 1 aliphatic heterocycles. The summed E-state index contributed by atoms with van der Waals surface area (Å²) in [6.07, 6.45) is 3.74. The first-order valence-corrected chi connectivity index (χ1v) is 10.3. The van der Waals surface area contributed by atoms with Crippen molar-refractivity contribution in [1.82, 2.24) is 19.4 Å². The van der Waals surface area contributed by atoms with Crippen LogP contribution in [0.25, 0.3) is 5.69 Å². The van der Waals surface area contributed by atoms with Crippen LogP contribution in [-0.4, -0.2) is 57.3 Å². The lowest BCUT2D eigenvalue weighted by Crippen LogP contribution is -2.51. The molecule has 3 heterocycles. The minimum atomic E-state index is -0.314. The monoisotopic (exact) mass is 420 g/mol. The molecule has 0 unspecified atom stereocenters. The van der Waals surface area contributed by atoms with Gasteiger partial charge in [0.15, 0.2) is 0 Å². The fraction of sp³-hybridized carbons (Fsp3) is 0.292. The summed E-state index contributed by atoms with van der Waals surface area (Å²) in [5.74, 6) is -0.339. The van der Waals surface area contributed by atoms with E-state index in [0.717, 1.165) is 22.6 Å². The van der Waals surface area contributed by atoms with Crippen molar-refractivity contribution in [1.29, 1.82) is 0 Å². The number of carbonyl (C=O) groups excluding carboxylic acids is 2. The van der Waals surface area contributed by atoms with Crippen LogP contribution in [0.2, 0.25) is 0 Å². The van der Waals surface area contributed by atoms with Gasteiger partial charge in [-0.25, -0.2) is 4.39 Å². The highest BCUT2D eigenvalue weighted by atomic mass is 19.1. The van der Waals surface area contributed by atoms with Gasteiger partial charge in [0.05, 0.1) is 23.9 Å². The zero-order valence-corrected chi connectivity index (χ0v) is 17.7. The first kappa shape index (κ1) is 20.8. The van der Waals surface area contributed by atoms with Gasteiger partial charge in [-0.3, -0.25) is 14.6 Å². The highest BCUT2D eigenvalue weighted by Crippen LogP contribution is 2.22. The van der Waals surface area contributed by atoms with E-state index in [1.54, 1.807) is 34.3 Å². The number of hydrogen-bond acceptors (Lipinski definition) is 3. The Hall–Kier alpha value is -3.48. The Labute approximate surface area is 180 Å². The second kappa shape index (κ2) is 8.71. The van der Waals surface area contributed by atoms with Crippen LogP contribution < -0.4 is 0 Å². The third-order valence-corrected chi connectivity index (χ3v) is 5.75. The van der Waals surface area contributed by atoms with Crippen molar-refractivity contribution in [2.75, 3.05) is 26.2 Å². The largest absolute Gasteiger partial charge is 0.339 e. The van der Waals surface area contributed by atoms with E-state index in [1.165, 1.54) is 12.1 Å². The summed E-state index contributed by atoms with van der Waals surface area (Å²) < 4.78 is 15.1. The molecule has 0 radical (unpaired) electrons. The Morgan fingerprint density at radius 3 is 2.32 bits per heavy atom. The summed E-state index contributed by atoms with van der Waals surface area (Å²) >= 11 is 0. The molecule has 3 aromatic rings. The van der Waals surface area contributed by atoms with Crippen LogP contribution in [0.4, 0.5) is 4.39 Å². The normalized spacial score (nSPS) is 14.0. The standard InChI is InChI=1S/C24H25FN4O2/c1-17-14-22(18(2)29(17)21-4-3-9-26-16-21)24(31)28-12-10-27(11-13-28)23(30)15-19-5-7-20(25)8-6-19/h3-9,14,16H,10-13,15H2,1-2H3. The quantitative estimate of drug-likeness (QED) is 0.652. The van der Waals surface area contributed by atoms with Crippen molar-refractivity contribution in [3.05, 3.63) is 83.2 Å². The van der Waals surface area contributed by atoms with Gasteiger partial charge < -0.3 is 14.4 Å². The first-order valence-electron chi connectivity index (χ1n) is 10.3. The second-order valence-corrected chi connectivity index (χ2v) is 7.81. The number of piperazine rings is 1. The van der Waals surface area contributed by atoms with Crippen LogP contribution in [0.1, 0.15) is 27.3 Å². The molecule has 160 valence electrons. The van der Waals surface area contributed by atoms with E-state index in [-0.39, 0.29) is 24.1 Å². The topological polar surface area (TPSA) is 58.4 Å². The van der Waals surface area contributed by atoms with Gasteiger partial charge in [0.25, 0.3) is 5.91 Å². The number of aryl methyl sites for hydroxylation is 1. The van der Waals surface area contributed by atoms with Crippen molar-refractivity contribution in [2.24, 2.45) is 0 Å². The number of aromatic nitrogens is 2. The number of hydrogen-bond donors (Lipinski definition) is 0. The summed E-state index contributed by atoms with van der Waals surface area (Å²) in [4.78, 5) is 33.5. The number of amides is 2. The minimum Gasteiger partial charge on any atom is -0.339 e. The molecule has 2 aromatic heterocycles. The molecule has 31 heavy (non-hydrogen) atoms. The summed E-state index contributed by atoms with van der Waals surface area (Å²) in [6, 6.07) is 11.7. The predicted molar refractivity (Wildman–Crippen MR) is 116 cm³/mol. The Kier molecular flexibility index (Phi) is 5.84. The van der Waals surface area contributed by atoms with Crippen molar-refractivity contribution in [3.63, 3.8) is 0 Å². The van der Waals surface area contributed by atoms with Gasteiger partial charge in [0, 0.05) is 43.8 Å². The summed E-state index contributed by atoms with van der Waals surface area (Å²) in [5.41, 5.74) is 4.24. The van der Waals surface area contributed by atoms with E-state index >= 15 is 0 Å². The van der Waals surface area contributed by atoms with Crippen molar-refractivity contribution < 1.29 is 14.0 Å². The van der Waals surface area contributed by atoms with Gasteiger partial charge in [0.1, 0.15) is 5.82 Å². The van der Waals surface area contributed by atoms with Gasteiger partial charge in [-0.2, -0.15) is 0 Å². The SMILES string of the molecule is Cc1cc(C(=O)N2CCN(C(=O)Cc3ccc(F)cc3)CC2)c(C)n1-c1cccnc1. The van der Waals surface area contributed by atoms with Crippen LogP contribution in [-0.2, 0) is 11.2 Å². The molecular formula is C24H25FN4O2. The van der Waals surface area contributed by atoms with Crippen LogP contribution in [0.15, 0.2) is 54.9 Å². The van der Waals surface area contributed by atoms with Gasteiger partial charge in [-0.15, -0.1) is 0 Å². The molecule has 6 nitrogen and oxygen atoms in total. The summed E-state index contributed by atoms with van der Waals surface area (Å²) in [5, 5.41) is 0. The zero-order valence-electron chi connectivity index (χ0n) is 17.7. The molecule has 0 N–H and O–H groups in total. The maximum Gasteiger partial charge on any atom is 0.255 e. The molecule has 0 saturated carbocycles. The number of halogens is 1. The Morgan fingerprint density at radius 2 is 1.68 bits per heavy atom. The number of carbonyl (C=O) groups is 2. The van der Waals surface area contributed by atoms with Crippen LogP contribution in [0.5, 0.6) is 0 Å². The Balaban J connectivity index is 1.41. The van der Waals surface area contributed by atoms with Gasteiger partial charge in [0.2, 0.25) is 5.91 Å². The van der Waals surface area contributed by atoms with Crippen molar-refractivity contribution in [3.8, 4) is 5.69 Å². The maximum absolute atomic E-state index is 13.2. The first-order chi connectivity index (χ1) is 14.9.